The summed E-state index contributed by atoms with van der Waals surface area (Å²) in [6, 6.07) is 6.76. The average Bonchev–Trinajstić information content (AvgIpc) is 2.77. The summed E-state index contributed by atoms with van der Waals surface area (Å²) >= 11 is 1.58. The van der Waals surface area contributed by atoms with Crippen LogP contribution in [0.3, 0.4) is 0 Å². The molecular weight excluding hydrogens is 211 g/mol. The van der Waals surface area contributed by atoms with Gasteiger partial charge in [-0.05, 0) is 12.1 Å². The Morgan fingerprint density at radius 3 is 3.00 bits per heavy atom. The molecule has 2 heterocycles. The highest BCUT2D eigenvalue weighted by molar-refractivity contribution is 7.15. The van der Waals surface area contributed by atoms with Crippen LogP contribution >= 0.6 is 11.3 Å². The molecule has 0 radical (unpaired) electrons. The molecule has 2 nitrogen and oxygen atoms in total. The maximum absolute atomic E-state index is 13.5. The van der Waals surface area contributed by atoms with Crippen molar-refractivity contribution in [3.05, 3.63) is 35.0 Å². The summed E-state index contributed by atoms with van der Waals surface area (Å²) in [5.74, 6) is 0.725. The minimum atomic E-state index is -0.204. The fraction of sp³-hybridized carbons (Fsp3) is 0.182. The van der Waals surface area contributed by atoms with E-state index in [0.29, 0.717) is 5.56 Å². The normalized spacial score (nSPS) is 13.7. The lowest BCUT2D eigenvalue weighted by atomic mass is 10.2. The molecule has 76 valence electrons. The Balaban J connectivity index is 2.10. The average molecular weight is 220 g/mol. The van der Waals surface area contributed by atoms with Crippen LogP contribution < -0.4 is 5.32 Å². The second-order valence-electron chi connectivity index (χ2n) is 3.45. The number of halogens is 1. The first-order valence-corrected chi connectivity index (χ1v) is 5.65. The number of hydrogen-bond acceptors (Lipinski definition) is 3. The molecule has 0 saturated heterocycles. The zero-order valence-corrected chi connectivity index (χ0v) is 8.77. The predicted molar refractivity (Wildman–Crippen MR) is 59.7 cm³/mol. The molecule has 2 aromatic rings. The van der Waals surface area contributed by atoms with E-state index in [1.165, 1.54) is 10.9 Å². The van der Waals surface area contributed by atoms with Crippen LogP contribution in [-0.4, -0.2) is 11.5 Å². The molecule has 4 heteroatoms. The largest absolute Gasteiger partial charge is 0.369 e. The highest BCUT2D eigenvalue weighted by Crippen LogP contribution is 2.34. The first-order chi connectivity index (χ1) is 7.34. The Hall–Kier alpha value is -1.42. The number of benzene rings is 1. The van der Waals surface area contributed by atoms with Crippen LogP contribution in [0.5, 0.6) is 0 Å². The van der Waals surface area contributed by atoms with Crippen molar-refractivity contribution in [2.24, 2.45) is 0 Å². The molecular formula is C11H9FN2S. The fourth-order valence-corrected chi connectivity index (χ4v) is 2.77. The molecule has 15 heavy (non-hydrogen) atoms. The van der Waals surface area contributed by atoms with E-state index in [2.05, 4.69) is 10.3 Å². The molecule has 0 fully saturated rings. The maximum atomic E-state index is 13.5. The number of fused-ring (bicyclic) bond motifs is 1. The summed E-state index contributed by atoms with van der Waals surface area (Å²) in [7, 11) is 0. The summed E-state index contributed by atoms with van der Waals surface area (Å²) in [6.45, 7) is 0.950. The molecule has 0 bridgehead atoms. The lowest BCUT2D eigenvalue weighted by Crippen LogP contribution is -1.93. The van der Waals surface area contributed by atoms with Crippen LogP contribution in [0.2, 0.25) is 0 Å². The summed E-state index contributed by atoms with van der Waals surface area (Å²) < 4.78 is 13.5. The molecule has 3 rings (SSSR count). The van der Waals surface area contributed by atoms with Gasteiger partial charge >= 0.3 is 0 Å². The van der Waals surface area contributed by atoms with Crippen LogP contribution in [0.1, 0.15) is 4.88 Å². The smallest absolute Gasteiger partial charge is 0.141 e. The fourth-order valence-electron chi connectivity index (χ4n) is 1.70. The van der Waals surface area contributed by atoms with Gasteiger partial charge in [-0.3, -0.25) is 0 Å². The highest BCUT2D eigenvalue weighted by Gasteiger charge is 2.18. The van der Waals surface area contributed by atoms with E-state index >= 15 is 0 Å². The number of hydrogen-bond donors (Lipinski definition) is 1. The Bertz CT molecular complexity index is 486. The molecule has 1 aliphatic rings. The van der Waals surface area contributed by atoms with Crippen LogP contribution in [0.25, 0.3) is 10.6 Å². The van der Waals surface area contributed by atoms with Gasteiger partial charge in [0.25, 0.3) is 0 Å². The molecule has 0 saturated carbocycles. The third-order valence-corrected chi connectivity index (χ3v) is 3.59. The van der Waals surface area contributed by atoms with Gasteiger partial charge in [0.15, 0.2) is 0 Å². The van der Waals surface area contributed by atoms with Gasteiger partial charge in [0, 0.05) is 18.5 Å². The monoisotopic (exact) mass is 220 g/mol. The Morgan fingerprint density at radius 1 is 1.33 bits per heavy atom. The van der Waals surface area contributed by atoms with E-state index in [1.807, 2.05) is 6.07 Å². The first kappa shape index (κ1) is 8.85. The molecule has 0 atom stereocenters. The SMILES string of the molecule is Fc1ccccc1-c1nc2c(s1)CCN2. The van der Waals surface area contributed by atoms with E-state index in [0.717, 1.165) is 23.8 Å². The van der Waals surface area contributed by atoms with Crippen LogP contribution in [0.4, 0.5) is 10.2 Å². The molecule has 0 spiro atoms. The Kier molecular flexibility index (Phi) is 1.95. The molecule has 1 aromatic heterocycles. The molecule has 1 aromatic carbocycles. The number of thiazole rings is 1. The Labute approximate surface area is 90.8 Å². The third kappa shape index (κ3) is 1.41. The van der Waals surface area contributed by atoms with Crippen LogP contribution in [0.15, 0.2) is 24.3 Å². The van der Waals surface area contributed by atoms with Crippen molar-refractivity contribution in [2.75, 3.05) is 11.9 Å². The number of anilines is 1. The van der Waals surface area contributed by atoms with Crippen LogP contribution in [0, 0.1) is 5.82 Å². The molecule has 0 unspecified atom stereocenters. The minimum Gasteiger partial charge on any atom is -0.369 e. The minimum absolute atomic E-state index is 0.204. The van der Waals surface area contributed by atoms with Gasteiger partial charge in [-0.1, -0.05) is 12.1 Å². The van der Waals surface area contributed by atoms with Gasteiger partial charge in [0.1, 0.15) is 16.6 Å². The quantitative estimate of drug-likeness (QED) is 0.799. The van der Waals surface area contributed by atoms with Gasteiger partial charge in [-0.2, -0.15) is 0 Å². The van der Waals surface area contributed by atoms with E-state index in [4.69, 9.17) is 0 Å². The number of nitrogens with one attached hydrogen (secondary N) is 1. The Morgan fingerprint density at radius 2 is 2.20 bits per heavy atom. The standard InChI is InChI=1S/C11H9FN2S/c12-8-4-2-1-3-7(8)11-14-10-9(15-11)5-6-13-10/h1-4,13H,5-6H2. The zero-order valence-electron chi connectivity index (χ0n) is 7.96. The third-order valence-electron chi connectivity index (χ3n) is 2.45. The van der Waals surface area contributed by atoms with Gasteiger partial charge in [-0.15, -0.1) is 11.3 Å². The van der Waals surface area contributed by atoms with Crippen molar-refractivity contribution >= 4 is 17.2 Å². The van der Waals surface area contributed by atoms with E-state index in [1.54, 1.807) is 23.5 Å². The second kappa shape index (κ2) is 3.31. The summed E-state index contributed by atoms with van der Waals surface area (Å²) in [5, 5.41) is 3.96. The molecule has 0 amide bonds. The van der Waals surface area contributed by atoms with E-state index < -0.39 is 0 Å². The van der Waals surface area contributed by atoms with Gasteiger partial charge in [-0.25, -0.2) is 9.37 Å². The van der Waals surface area contributed by atoms with Gasteiger partial charge in [0.05, 0.1) is 4.88 Å². The first-order valence-electron chi connectivity index (χ1n) is 4.83. The maximum Gasteiger partial charge on any atom is 0.141 e. The molecule has 0 aliphatic carbocycles. The zero-order chi connectivity index (χ0) is 10.3. The summed E-state index contributed by atoms with van der Waals surface area (Å²) in [5.41, 5.74) is 0.596. The second-order valence-corrected chi connectivity index (χ2v) is 4.53. The lowest BCUT2D eigenvalue weighted by molar-refractivity contribution is 0.631. The topological polar surface area (TPSA) is 24.9 Å². The van der Waals surface area contributed by atoms with Crippen molar-refractivity contribution in [1.82, 2.24) is 4.98 Å². The van der Waals surface area contributed by atoms with Gasteiger partial charge in [0.2, 0.25) is 0 Å². The van der Waals surface area contributed by atoms with Crippen molar-refractivity contribution in [2.45, 2.75) is 6.42 Å². The van der Waals surface area contributed by atoms with Crippen molar-refractivity contribution in [3.63, 3.8) is 0 Å². The summed E-state index contributed by atoms with van der Waals surface area (Å²) in [4.78, 5) is 5.62. The van der Waals surface area contributed by atoms with E-state index in [-0.39, 0.29) is 5.82 Å². The predicted octanol–water partition coefficient (Wildman–Crippen LogP) is 2.92. The number of nitrogens with zero attached hydrogens (tertiary/aromatic N) is 1. The highest BCUT2D eigenvalue weighted by atomic mass is 32.1. The van der Waals surface area contributed by atoms with Crippen molar-refractivity contribution < 1.29 is 4.39 Å². The lowest BCUT2D eigenvalue weighted by Gasteiger charge is -1.97. The van der Waals surface area contributed by atoms with Crippen molar-refractivity contribution in [1.29, 1.82) is 0 Å². The summed E-state index contributed by atoms with van der Waals surface area (Å²) in [6.07, 6.45) is 1.00. The number of rotatable bonds is 1. The van der Waals surface area contributed by atoms with Gasteiger partial charge < -0.3 is 5.32 Å². The molecule has 1 aliphatic heterocycles. The van der Waals surface area contributed by atoms with Crippen molar-refractivity contribution in [3.8, 4) is 10.6 Å². The number of aromatic nitrogens is 1. The molecule has 1 N–H and O–H groups in total. The van der Waals surface area contributed by atoms with E-state index in [9.17, 15) is 4.39 Å². The van der Waals surface area contributed by atoms with Crippen LogP contribution in [-0.2, 0) is 6.42 Å².